The number of carbonyl (C=O) groups is 1. The number of hydrogen-bond donors (Lipinski definition) is 0. The van der Waals surface area contributed by atoms with E-state index in [0.29, 0.717) is 27.8 Å². The first-order valence-electron chi connectivity index (χ1n) is 9.23. The summed E-state index contributed by atoms with van der Waals surface area (Å²) in [5.41, 5.74) is 1.10. The second kappa shape index (κ2) is 8.56. The van der Waals surface area contributed by atoms with E-state index in [4.69, 9.17) is 21.1 Å². The van der Waals surface area contributed by atoms with Crippen LogP contribution in [0, 0.1) is 5.82 Å². The summed E-state index contributed by atoms with van der Waals surface area (Å²) in [5.74, 6) is 0.336. The molecule has 0 radical (unpaired) electrons. The Kier molecular flexibility index (Phi) is 5.84. The lowest BCUT2D eigenvalue weighted by Crippen LogP contribution is -2.48. The first kappa shape index (κ1) is 21.1. The van der Waals surface area contributed by atoms with E-state index in [2.05, 4.69) is 0 Å². The van der Waals surface area contributed by atoms with Crippen molar-refractivity contribution in [3.05, 3.63) is 77.1 Å². The Hall–Kier alpha value is -3.10. The molecule has 0 bridgehead atoms. The van der Waals surface area contributed by atoms with Gasteiger partial charge in [-0.3, -0.25) is 4.90 Å². The molecule has 0 spiro atoms. The molecule has 0 aliphatic carbocycles. The molecular weight excluding hydrogens is 443 g/mol. The first-order chi connectivity index (χ1) is 14.9. The number of benzene rings is 3. The molecular formula is C22H18ClFN2O4S. The fourth-order valence-corrected chi connectivity index (χ4v) is 4.79. The zero-order valence-electron chi connectivity index (χ0n) is 16.7. The second-order valence-electron chi connectivity index (χ2n) is 6.65. The van der Waals surface area contributed by atoms with Gasteiger partial charge in [-0.2, -0.15) is 0 Å². The largest absolute Gasteiger partial charge is 0.493 e. The molecule has 2 amide bonds. The third-order valence-electron chi connectivity index (χ3n) is 4.86. The van der Waals surface area contributed by atoms with Crippen LogP contribution >= 0.6 is 11.6 Å². The number of carbonyl (C=O) groups excluding carboxylic acids is 1. The smallest absolute Gasteiger partial charge is 0.341 e. The van der Waals surface area contributed by atoms with Crippen LogP contribution in [-0.4, -0.2) is 24.5 Å². The van der Waals surface area contributed by atoms with Crippen LogP contribution in [0.3, 0.4) is 0 Å². The van der Waals surface area contributed by atoms with Crippen LogP contribution in [0.2, 0.25) is 5.02 Å². The van der Waals surface area contributed by atoms with Crippen LogP contribution < -0.4 is 18.7 Å². The first-order valence-corrected chi connectivity index (χ1v) is 10.7. The van der Waals surface area contributed by atoms with Gasteiger partial charge in [0, 0.05) is 16.7 Å². The summed E-state index contributed by atoms with van der Waals surface area (Å²) in [4.78, 5) is 15.3. The molecule has 1 heterocycles. The van der Waals surface area contributed by atoms with Gasteiger partial charge in [-0.15, -0.1) is 0 Å². The van der Waals surface area contributed by atoms with E-state index in [9.17, 15) is 13.4 Å². The minimum Gasteiger partial charge on any atom is -0.493 e. The third-order valence-corrected chi connectivity index (χ3v) is 6.52. The van der Waals surface area contributed by atoms with E-state index in [-0.39, 0.29) is 17.1 Å². The summed E-state index contributed by atoms with van der Waals surface area (Å²) in [6.45, 7) is -0.0557. The molecule has 4 rings (SSSR count). The minimum atomic E-state index is -1.81. The van der Waals surface area contributed by atoms with Gasteiger partial charge in [0.1, 0.15) is 5.82 Å². The predicted molar refractivity (Wildman–Crippen MR) is 118 cm³/mol. The number of hydrogen-bond acceptors (Lipinski definition) is 4. The Bertz CT molecular complexity index is 1190. The summed E-state index contributed by atoms with van der Waals surface area (Å²) < 4.78 is 39.5. The number of halogens is 2. The van der Waals surface area contributed by atoms with Gasteiger partial charge in [-0.25, -0.2) is 17.7 Å². The molecule has 9 heteroatoms. The Morgan fingerprint density at radius 3 is 2.45 bits per heavy atom. The number of urea groups is 1. The number of fused-ring (bicyclic) bond motifs is 1. The van der Waals surface area contributed by atoms with E-state index < -0.39 is 22.8 Å². The van der Waals surface area contributed by atoms with Gasteiger partial charge in [-0.1, -0.05) is 29.8 Å². The number of ether oxygens (including phenoxy) is 2. The number of methoxy groups -OCH3 is 2. The summed E-state index contributed by atoms with van der Waals surface area (Å²) in [7, 11) is 1.16. The normalized spacial score (nSPS) is 15.6. The van der Waals surface area contributed by atoms with Crippen molar-refractivity contribution in [1.29, 1.82) is 0 Å². The van der Waals surface area contributed by atoms with E-state index in [1.165, 1.54) is 31.3 Å². The quantitative estimate of drug-likeness (QED) is 0.527. The fourth-order valence-electron chi connectivity index (χ4n) is 3.34. The van der Waals surface area contributed by atoms with Crippen LogP contribution in [0.4, 0.5) is 20.6 Å². The lowest BCUT2D eigenvalue weighted by molar-refractivity contribution is 0.253. The van der Waals surface area contributed by atoms with Crippen LogP contribution in [0.1, 0.15) is 5.56 Å². The highest BCUT2D eigenvalue weighted by Gasteiger charge is 2.37. The highest BCUT2D eigenvalue weighted by molar-refractivity contribution is 7.87. The van der Waals surface area contributed by atoms with Gasteiger partial charge in [0.05, 0.1) is 37.0 Å². The van der Waals surface area contributed by atoms with E-state index in [1.54, 1.807) is 48.5 Å². The Morgan fingerprint density at radius 1 is 1.00 bits per heavy atom. The number of amides is 2. The minimum absolute atomic E-state index is 0.0557. The van der Waals surface area contributed by atoms with Crippen molar-refractivity contribution in [1.82, 2.24) is 0 Å². The maximum absolute atomic E-state index is 14.5. The molecule has 0 saturated carbocycles. The van der Waals surface area contributed by atoms with Crippen molar-refractivity contribution in [2.24, 2.45) is 0 Å². The zero-order valence-corrected chi connectivity index (χ0v) is 18.2. The molecule has 0 aromatic heterocycles. The Labute approximate surface area is 186 Å². The Morgan fingerprint density at radius 2 is 1.74 bits per heavy atom. The summed E-state index contributed by atoms with van der Waals surface area (Å²) in [5, 5.41) is 0.264. The molecule has 160 valence electrons. The van der Waals surface area contributed by atoms with E-state index in [0.717, 1.165) is 4.31 Å². The molecule has 0 saturated heterocycles. The maximum atomic E-state index is 14.5. The van der Waals surface area contributed by atoms with Gasteiger partial charge in [0.2, 0.25) is 0 Å². The summed E-state index contributed by atoms with van der Waals surface area (Å²) >= 11 is 5.85. The fraction of sp³-hybridized carbons (Fsp3) is 0.136. The predicted octanol–water partition coefficient (Wildman–Crippen LogP) is 5.17. The average molecular weight is 461 g/mol. The lowest BCUT2D eigenvalue weighted by atomic mass is 10.2. The SMILES string of the molecule is COc1ccc(N2C(=O)N(Cc3ccc(Cl)cc3F)c3ccccc3S2=O)cc1OC. The molecule has 0 fully saturated rings. The zero-order chi connectivity index (χ0) is 22.1. The number of para-hydroxylation sites is 1. The molecule has 1 aliphatic heterocycles. The average Bonchev–Trinajstić information content (AvgIpc) is 2.78. The molecule has 1 unspecified atom stereocenters. The lowest BCUT2D eigenvalue weighted by Gasteiger charge is -2.36. The van der Waals surface area contributed by atoms with Crippen molar-refractivity contribution in [2.75, 3.05) is 23.4 Å². The summed E-state index contributed by atoms with van der Waals surface area (Å²) in [6.07, 6.45) is 0. The van der Waals surface area contributed by atoms with Crippen LogP contribution in [-0.2, 0) is 17.5 Å². The molecule has 3 aromatic carbocycles. The van der Waals surface area contributed by atoms with Crippen molar-refractivity contribution >= 4 is 40.0 Å². The van der Waals surface area contributed by atoms with Crippen LogP contribution in [0.5, 0.6) is 11.5 Å². The van der Waals surface area contributed by atoms with Gasteiger partial charge in [-0.05, 0) is 36.4 Å². The highest BCUT2D eigenvalue weighted by atomic mass is 35.5. The van der Waals surface area contributed by atoms with E-state index >= 15 is 0 Å². The monoisotopic (exact) mass is 460 g/mol. The van der Waals surface area contributed by atoms with Crippen LogP contribution in [0.25, 0.3) is 0 Å². The maximum Gasteiger partial charge on any atom is 0.341 e. The van der Waals surface area contributed by atoms with Gasteiger partial charge >= 0.3 is 6.03 Å². The number of anilines is 2. The van der Waals surface area contributed by atoms with Crippen LogP contribution in [0.15, 0.2) is 65.6 Å². The molecule has 1 aliphatic rings. The van der Waals surface area contributed by atoms with E-state index in [1.807, 2.05) is 0 Å². The van der Waals surface area contributed by atoms with Gasteiger partial charge in [0.15, 0.2) is 22.5 Å². The third kappa shape index (κ3) is 3.84. The van der Waals surface area contributed by atoms with Gasteiger partial charge in [0.25, 0.3) is 0 Å². The van der Waals surface area contributed by atoms with Crippen molar-refractivity contribution < 1.29 is 22.9 Å². The molecule has 31 heavy (non-hydrogen) atoms. The summed E-state index contributed by atoms with van der Waals surface area (Å²) in [6, 6.07) is 15.4. The Balaban J connectivity index is 1.80. The molecule has 6 nitrogen and oxygen atoms in total. The topological polar surface area (TPSA) is 59.1 Å². The van der Waals surface area contributed by atoms with Gasteiger partial charge < -0.3 is 9.47 Å². The highest BCUT2D eigenvalue weighted by Crippen LogP contribution is 2.39. The second-order valence-corrected chi connectivity index (χ2v) is 8.39. The molecule has 1 atom stereocenters. The van der Waals surface area contributed by atoms with Crippen molar-refractivity contribution in [3.8, 4) is 11.5 Å². The van der Waals surface area contributed by atoms with Crippen molar-refractivity contribution in [2.45, 2.75) is 11.4 Å². The molecule has 3 aromatic rings. The number of nitrogens with zero attached hydrogens (tertiary/aromatic N) is 2. The number of rotatable bonds is 5. The van der Waals surface area contributed by atoms with Crippen molar-refractivity contribution in [3.63, 3.8) is 0 Å². The standard InChI is InChI=1S/C22H18ClFN2O4S/c1-29-19-10-9-16(12-20(19)30-2)26-22(27)25(13-14-7-8-15(23)11-17(14)24)18-5-3-4-6-21(18)31(26)28/h3-12H,13H2,1-2H3. The molecule has 0 N–H and O–H groups in total.